The van der Waals surface area contributed by atoms with Gasteiger partial charge in [-0.2, -0.15) is 0 Å². The van der Waals surface area contributed by atoms with Gasteiger partial charge in [-0.25, -0.2) is 0 Å². The molecule has 1 saturated heterocycles. The van der Waals surface area contributed by atoms with Gasteiger partial charge in [0, 0.05) is 32.3 Å². The number of hydrogen-bond acceptors (Lipinski definition) is 3. The number of nitrogens with zero attached hydrogens (tertiary/aromatic N) is 1. The van der Waals surface area contributed by atoms with Crippen molar-refractivity contribution in [1.29, 1.82) is 0 Å². The van der Waals surface area contributed by atoms with Gasteiger partial charge in [-0.05, 0) is 69.9 Å². The molecule has 2 fully saturated rings. The molecule has 0 amide bonds. The van der Waals surface area contributed by atoms with Crippen LogP contribution in [0, 0.1) is 23.7 Å². The summed E-state index contributed by atoms with van der Waals surface area (Å²) in [7, 11) is 4.47. The van der Waals surface area contributed by atoms with Crippen molar-refractivity contribution in [1.82, 2.24) is 10.2 Å². The highest BCUT2D eigenvalue weighted by Crippen LogP contribution is 2.34. The van der Waals surface area contributed by atoms with Crippen LogP contribution in [0.2, 0.25) is 0 Å². The fraction of sp³-hybridized carbons (Fsp3) is 1.00. The Bertz CT molecular complexity index is 289. The second-order valence-electron chi connectivity index (χ2n) is 7.75. The maximum Gasteiger partial charge on any atom is 0.0469 e. The third-order valence-corrected chi connectivity index (χ3v) is 5.79. The molecule has 0 aromatic rings. The average Bonchev–Trinajstić information content (AvgIpc) is 2.48. The van der Waals surface area contributed by atoms with Crippen molar-refractivity contribution < 1.29 is 4.74 Å². The van der Waals surface area contributed by atoms with Crippen LogP contribution in [0.25, 0.3) is 0 Å². The van der Waals surface area contributed by atoms with E-state index in [4.69, 9.17) is 4.74 Å². The van der Waals surface area contributed by atoms with E-state index in [1.807, 2.05) is 0 Å². The zero-order valence-corrected chi connectivity index (χ0v) is 14.6. The van der Waals surface area contributed by atoms with Crippen LogP contribution < -0.4 is 5.32 Å². The topological polar surface area (TPSA) is 24.5 Å². The molecule has 3 atom stereocenters. The van der Waals surface area contributed by atoms with E-state index < -0.39 is 0 Å². The minimum absolute atomic E-state index is 0.720. The second kappa shape index (κ2) is 8.50. The van der Waals surface area contributed by atoms with Crippen molar-refractivity contribution in [3.05, 3.63) is 0 Å². The lowest BCUT2D eigenvalue weighted by molar-refractivity contribution is 0.0501. The molecule has 1 aliphatic carbocycles. The number of ether oxygens (including phenoxy) is 1. The highest BCUT2D eigenvalue weighted by molar-refractivity contribution is 4.87. The Hall–Kier alpha value is -0.120. The molecule has 124 valence electrons. The first-order valence-electron chi connectivity index (χ1n) is 9.03. The van der Waals surface area contributed by atoms with Crippen molar-refractivity contribution in [3.8, 4) is 0 Å². The van der Waals surface area contributed by atoms with Crippen LogP contribution in [0.5, 0.6) is 0 Å². The number of nitrogens with one attached hydrogen (secondary N) is 1. The minimum Gasteiger partial charge on any atom is -0.381 e. The summed E-state index contributed by atoms with van der Waals surface area (Å²) in [5.74, 6) is 3.43. The van der Waals surface area contributed by atoms with Crippen LogP contribution in [-0.2, 0) is 4.74 Å². The van der Waals surface area contributed by atoms with Gasteiger partial charge in [-0.1, -0.05) is 13.8 Å². The van der Waals surface area contributed by atoms with Gasteiger partial charge in [0.25, 0.3) is 0 Å². The minimum atomic E-state index is 0.720. The fourth-order valence-electron chi connectivity index (χ4n) is 4.33. The van der Waals surface area contributed by atoms with Crippen LogP contribution in [0.4, 0.5) is 0 Å². The van der Waals surface area contributed by atoms with Gasteiger partial charge in [0.2, 0.25) is 0 Å². The van der Waals surface area contributed by atoms with Crippen LogP contribution in [0.15, 0.2) is 0 Å². The molecule has 0 aromatic carbocycles. The molecule has 1 N–H and O–H groups in total. The van der Waals surface area contributed by atoms with Gasteiger partial charge in [-0.3, -0.25) is 0 Å². The van der Waals surface area contributed by atoms with Crippen LogP contribution >= 0.6 is 0 Å². The van der Waals surface area contributed by atoms with Crippen LogP contribution in [-0.4, -0.2) is 51.3 Å². The summed E-state index contributed by atoms with van der Waals surface area (Å²) >= 11 is 0. The Morgan fingerprint density at radius 1 is 1.10 bits per heavy atom. The molecule has 0 bridgehead atoms. The molecule has 1 saturated carbocycles. The molecular formula is C18H36N2O. The third kappa shape index (κ3) is 5.22. The SMILES string of the molecule is CNC1CCC(C(C)C)CC1CN(C)CC1CCOCC1. The standard InChI is InChI=1S/C18H36N2O/c1-14(2)16-5-6-18(19-3)17(11-16)13-20(4)12-15-7-9-21-10-8-15/h14-19H,5-13H2,1-4H3. The quantitative estimate of drug-likeness (QED) is 0.815. The average molecular weight is 296 g/mol. The van der Waals surface area contributed by atoms with Crippen molar-refractivity contribution in [2.24, 2.45) is 23.7 Å². The summed E-state index contributed by atoms with van der Waals surface area (Å²) in [5, 5.41) is 3.58. The molecule has 1 aliphatic heterocycles. The van der Waals surface area contributed by atoms with E-state index in [2.05, 4.69) is 38.2 Å². The Morgan fingerprint density at radius 2 is 1.81 bits per heavy atom. The van der Waals surface area contributed by atoms with Gasteiger partial charge in [0.15, 0.2) is 0 Å². The lowest BCUT2D eigenvalue weighted by Gasteiger charge is -2.40. The van der Waals surface area contributed by atoms with Gasteiger partial charge in [0.1, 0.15) is 0 Å². The molecule has 1 heterocycles. The molecule has 3 nitrogen and oxygen atoms in total. The normalized spacial score (nSPS) is 32.0. The van der Waals surface area contributed by atoms with E-state index in [1.54, 1.807) is 0 Å². The Labute approximate surface area is 131 Å². The van der Waals surface area contributed by atoms with E-state index >= 15 is 0 Å². The van der Waals surface area contributed by atoms with Crippen molar-refractivity contribution in [3.63, 3.8) is 0 Å². The molecular weight excluding hydrogens is 260 g/mol. The van der Waals surface area contributed by atoms with Gasteiger partial charge >= 0.3 is 0 Å². The predicted molar refractivity (Wildman–Crippen MR) is 89.6 cm³/mol. The summed E-state index contributed by atoms with van der Waals surface area (Å²) < 4.78 is 5.48. The summed E-state index contributed by atoms with van der Waals surface area (Å²) in [5.41, 5.74) is 0. The van der Waals surface area contributed by atoms with Crippen LogP contribution in [0.3, 0.4) is 0 Å². The molecule has 0 spiro atoms. The lowest BCUT2D eigenvalue weighted by Crippen LogP contribution is -2.45. The summed E-state index contributed by atoms with van der Waals surface area (Å²) in [4.78, 5) is 2.59. The van der Waals surface area contributed by atoms with E-state index in [0.29, 0.717) is 0 Å². The highest BCUT2D eigenvalue weighted by atomic mass is 16.5. The predicted octanol–water partition coefficient (Wildman–Crippen LogP) is 3.01. The lowest BCUT2D eigenvalue weighted by atomic mass is 9.73. The first kappa shape index (κ1) is 17.2. The first-order chi connectivity index (χ1) is 10.1. The summed E-state index contributed by atoms with van der Waals surface area (Å²) in [6.45, 7) is 9.24. The molecule has 0 aromatic heterocycles. The van der Waals surface area contributed by atoms with Crippen molar-refractivity contribution >= 4 is 0 Å². The Morgan fingerprint density at radius 3 is 2.43 bits per heavy atom. The van der Waals surface area contributed by atoms with E-state index in [-0.39, 0.29) is 0 Å². The maximum atomic E-state index is 5.48. The highest BCUT2D eigenvalue weighted by Gasteiger charge is 2.31. The molecule has 0 radical (unpaired) electrons. The third-order valence-electron chi connectivity index (χ3n) is 5.79. The van der Waals surface area contributed by atoms with Crippen LogP contribution in [0.1, 0.15) is 46.0 Å². The van der Waals surface area contributed by atoms with E-state index in [9.17, 15) is 0 Å². The summed E-state index contributed by atoms with van der Waals surface area (Å²) in [6.07, 6.45) is 6.66. The zero-order chi connectivity index (χ0) is 15.2. The molecule has 21 heavy (non-hydrogen) atoms. The molecule has 3 unspecified atom stereocenters. The smallest absolute Gasteiger partial charge is 0.0469 e. The maximum absolute atomic E-state index is 5.48. The summed E-state index contributed by atoms with van der Waals surface area (Å²) in [6, 6.07) is 0.720. The molecule has 3 heteroatoms. The number of rotatable bonds is 6. The fourth-order valence-corrected chi connectivity index (χ4v) is 4.33. The van der Waals surface area contributed by atoms with E-state index in [1.165, 1.54) is 45.2 Å². The van der Waals surface area contributed by atoms with E-state index in [0.717, 1.165) is 42.9 Å². The number of hydrogen-bond donors (Lipinski definition) is 1. The Kier molecular flexibility index (Phi) is 6.97. The second-order valence-corrected chi connectivity index (χ2v) is 7.75. The Balaban J connectivity index is 1.82. The largest absolute Gasteiger partial charge is 0.381 e. The van der Waals surface area contributed by atoms with Gasteiger partial charge in [0.05, 0.1) is 0 Å². The first-order valence-corrected chi connectivity index (χ1v) is 9.03. The van der Waals surface area contributed by atoms with Crippen molar-refractivity contribution in [2.75, 3.05) is 40.4 Å². The molecule has 2 aliphatic rings. The monoisotopic (exact) mass is 296 g/mol. The van der Waals surface area contributed by atoms with Gasteiger partial charge < -0.3 is 15.0 Å². The zero-order valence-electron chi connectivity index (χ0n) is 14.6. The molecule has 2 rings (SSSR count). The van der Waals surface area contributed by atoms with Crippen molar-refractivity contribution in [2.45, 2.75) is 52.0 Å². The van der Waals surface area contributed by atoms with Gasteiger partial charge in [-0.15, -0.1) is 0 Å².